The number of allylic oxidation sites excluding steroid dienone is 1. The lowest BCUT2D eigenvalue weighted by Crippen LogP contribution is -2.28. The van der Waals surface area contributed by atoms with E-state index in [0.29, 0.717) is 5.56 Å². The Labute approximate surface area is 117 Å². The van der Waals surface area contributed by atoms with E-state index in [4.69, 9.17) is 17.5 Å². The Bertz CT molecular complexity index is 650. The Hall–Kier alpha value is -2.07. The first-order valence-electron chi connectivity index (χ1n) is 5.40. The van der Waals surface area contributed by atoms with Crippen LogP contribution in [0.1, 0.15) is 5.56 Å². The van der Waals surface area contributed by atoms with Gasteiger partial charge in [-0.15, -0.1) is 0 Å². The van der Waals surface area contributed by atoms with Crippen molar-refractivity contribution < 1.29 is 17.6 Å². The number of alkyl halides is 3. The fourth-order valence-electron chi connectivity index (χ4n) is 1.72. The van der Waals surface area contributed by atoms with Gasteiger partial charge in [-0.05, 0) is 30.3 Å². The molecule has 0 bridgehead atoms. The highest BCUT2D eigenvalue weighted by Gasteiger charge is 2.42. The smallest absolute Gasteiger partial charge is 0.239 e. The first-order chi connectivity index (χ1) is 9.32. The summed E-state index contributed by atoms with van der Waals surface area (Å²) in [6.07, 6.45) is -3.90. The maximum Gasteiger partial charge on any atom is 0.414 e. The Kier molecular flexibility index (Phi) is 3.68. The summed E-state index contributed by atoms with van der Waals surface area (Å²) in [7, 11) is 0. The maximum absolute atomic E-state index is 12.9. The molecule has 0 unspecified atom stereocenters. The second-order valence-corrected chi connectivity index (χ2v) is 4.42. The van der Waals surface area contributed by atoms with Crippen LogP contribution in [0.2, 0.25) is 0 Å². The van der Waals surface area contributed by atoms with Crippen LogP contribution >= 0.6 is 12.2 Å². The summed E-state index contributed by atoms with van der Waals surface area (Å²) in [4.78, 5) is 3.48. The number of benzene rings is 1. The van der Waals surface area contributed by atoms with E-state index in [1.165, 1.54) is 18.2 Å². The van der Waals surface area contributed by atoms with Crippen molar-refractivity contribution in [2.24, 2.45) is 10.9 Å². The van der Waals surface area contributed by atoms with Crippen molar-refractivity contribution >= 4 is 22.9 Å². The number of nitriles is 1. The Morgan fingerprint density at radius 1 is 1.20 bits per heavy atom. The van der Waals surface area contributed by atoms with Crippen LogP contribution in [0.25, 0.3) is 0 Å². The third kappa shape index (κ3) is 2.75. The quantitative estimate of drug-likeness (QED) is 0.587. The molecule has 2 rings (SSSR count). The van der Waals surface area contributed by atoms with Crippen LogP contribution in [0.3, 0.4) is 0 Å². The van der Waals surface area contributed by atoms with Gasteiger partial charge in [-0.1, -0.05) is 12.2 Å². The fraction of sp³-hybridized carbons (Fsp3) is 0.154. The monoisotopic (exact) mass is 298 g/mol. The van der Waals surface area contributed by atoms with E-state index < -0.39 is 23.5 Å². The van der Waals surface area contributed by atoms with E-state index in [2.05, 4.69) is 4.99 Å². The summed E-state index contributed by atoms with van der Waals surface area (Å²) in [6, 6.07) is 6.31. The Balaban J connectivity index is 2.51. The largest absolute Gasteiger partial charge is 0.414 e. The molecule has 102 valence electrons. The van der Waals surface area contributed by atoms with E-state index in [-0.39, 0.29) is 10.7 Å². The van der Waals surface area contributed by atoms with Crippen LogP contribution in [0.15, 0.2) is 40.9 Å². The van der Waals surface area contributed by atoms with Gasteiger partial charge in [0.25, 0.3) is 0 Å². The topological polar surface area (TPSA) is 36.1 Å². The third-order valence-electron chi connectivity index (χ3n) is 2.68. The second-order valence-electron chi connectivity index (χ2n) is 4.00. The van der Waals surface area contributed by atoms with Gasteiger partial charge >= 0.3 is 6.18 Å². The standard InChI is InChI=1S/C13H6F4N2S/c14-8-3-1-7(2-4-8)11-5-10(13(15,16)17)9(6-18)12(20)19-11/h1-5,9H/t9-/m0/s1. The number of thiocarbonyl (C=S) groups is 1. The highest BCUT2D eigenvalue weighted by atomic mass is 32.1. The summed E-state index contributed by atoms with van der Waals surface area (Å²) in [5, 5.41) is 8.79. The number of hydrogen-bond acceptors (Lipinski definition) is 2. The minimum atomic E-state index is -4.67. The SMILES string of the molecule is N#C[C@@H]1C(=S)N=C(c2ccc(F)cc2)C=C1C(F)(F)F. The van der Waals surface area contributed by atoms with Crippen LogP contribution in [0.5, 0.6) is 0 Å². The van der Waals surface area contributed by atoms with Crippen molar-refractivity contribution in [2.45, 2.75) is 6.18 Å². The second kappa shape index (κ2) is 5.13. The summed E-state index contributed by atoms with van der Waals surface area (Å²) in [5.74, 6) is -2.10. The third-order valence-corrected chi connectivity index (χ3v) is 3.00. The molecule has 0 saturated heterocycles. The Morgan fingerprint density at radius 2 is 1.80 bits per heavy atom. The molecule has 7 heteroatoms. The average Bonchev–Trinajstić information content (AvgIpc) is 2.37. The van der Waals surface area contributed by atoms with Gasteiger partial charge in [0.15, 0.2) is 0 Å². The van der Waals surface area contributed by atoms with Crippen LogP contribution in [-0.4, -0.2) is 16.9 Å². The lowest BCUT2D eigenvalue weighted by molar-refractivity contribution is -0.0947. The van der Waals surface area contributed by atoms with Gasteiger partial charge < -0.3 is 0 Å². The minimum Gasteiger partial charge on any atom is -0.239 e. The number of dihydropyridines is 1. The highest BCUT2D eigenvalue weighted by molar-refractivity contribution is 7.80. The molecule has 0 amide bonds. The number of aliphatic imine (C=N–C) groups is 1. The molecule has 0 aliphatic carbocycles. The minimum absolute atomic E-state index is 0.0335. The van der Waals surface area contributed by atoms with E-state index in [1.807, 2.05) is 0 Å². The van der Waals surface area contributed by atoms with Gasteiger partial charge in [0.05, 0.1) is 17.4 Å². The number of halogens is 4. The average molecular weight is 298 g/mol. The molecule has 0 saturated carbocycles. The molecule has 1 aromatic carbocycles. The summed E-state index contributed by atoms with van der Waals surface area (Å²) >= 11 is 4.75. The molecule has 0 radical (unpaired) electrons. The van der Waals surface area contributed by atoms with Gasteiger partial charge in [-0.2, -0.15) is 18.4 Å². The zero-order valence-corrected chi connectivity index (χ0v) is 10.6. The molecule has 20 heavy (non-hydrogen) atoms. The first kappa shape index (κ1) is 14.3. The summed E-state index contributed by atoms with van der Waals surface area (Å²) < 4.78 is 51.5. The highest BCUT2D eigenvalue weighted by Crippen LogP contribution is 2.35. The van der Waals surface area contributed by atoms with Crippen molar-refractivity contribution in [3.8, 4) is 6.07 Å². The number of rotatable bonds is 1. The van der Waals surface area contributed by atoms with Gasteiger partial charge in [0, 0.05) is 5.56 Å². The molecule has 1 aliphatic heterocycles. The molecule has 0 spiro atoms. The predicted octanol–water partition coefficient (Wildman–Crippen LogP) is 3.58. The van der Waals surface area contributed by atoms with Crippen molar-refractivity contribution in [3.05, 3.63) is 47.3 Å². The van der Waals surface area contributed by atoms with Crippen LogP contribution in [0, 0.1) is 23.1 Å². The van der Waals surface area contributed by atoms with E-state index in [1.54, 1.807) is 0 Å². The fourth-order valence-corrected chi connectivity index (χ4v) is 2.00. The van der Waals surface area contributed by atoms with Crippen molar-refractivity contribution in [2.75, 3.05) is 0 Å². The first-order valence-corrected chi connectivity index (χ1v) is 5.80. The molecule has 2 nitrogen and oxygen atoms in total. The van der Waals surface area contributed by atoms with Crippen molar-refractivity contribution in [1.82, 2.24) is 0 Å². The van der Waals surface area contributed by atoms with E-state index in [9.17, 15) is 17.6 Å². The molecular weight excluding hydrogens is 292 g/mol. The van der Waals surface area contributed by atoms with Crippen molar-refractivity contribution in [3.63, 3.8) is 0 Å². The van der Waals surface area contributed by atoms with Gasteiger partial charge in [0.1, 0.15) is 16.7 Å². The van der Waals surface area contributed by atoms with Crippen LogP contribution < -0.4 is 0 Å². The van der Waals surface area contributed by atoms with Crippen LogP contribution in [-0.2, 0) is 0 Å². The van der Waals surface area contributed by atoms with E-state index >= 15 is 0 Å². The predicted molar refractivity (Wildman–Crippen MR) is 68.8 cm³/mol. The van der Waals surface area contributed by atoms with Crippen molar-refractivity contribution in [1.29, 1.82) is 5.26 Å². The maximum atomic E-state index is 12.9. The van der Waals surface area contributed by atoms with Gasteiger partial charge in [-0.3, -0.25) is 0 Å². The lowest BCUT2D eigenvalue weighted by Gasteiger charge is -2.20. The molecular formula is C13H6F4N2S. The van der Waals surface area contributed by atoms with Gasteiger partial charge in [0.2, 0.25) is 0 Å². The number of nitrogens with zero attached hydrogens (tertiary/aromatic N) is 2. The molecule has 1 atom stereocenters. The zero-order valence-electron chi connectivity index (χ0n) is 9.78. The molecule has 0 N–H and O–H groups in total. The van der Waals surface area contributed by atoms with Gasteiger partial charge in [-0.25, -0.2) is 9.38 Å². The normalized spacial score (nSPS) is 19.1. The van der Waals surface area contributed by atoms with E-state index in [0.717, 1.165) is 18.2 Å². The molecule has 1 aliphatic rings. The molecule has 1 heterocycles. The summed E-state index contributed by atoms with van der Waals surface area (Å²) in [5.41, 5.74) is -0.792. The number of hydrogen-bond donors (Lipinski definition) is 0. The molecule has 0 aromatic heterocycles. The van der Waals surface area contributed by atoms with Crippen LogP contribution in [0.4, 0.5) is 17.6 Å². The zero-order chi connectivity index (χ0) is 14.9. The Morgan fingerprint density at radius 3 is 2.30 bits per heavy atom. The molecule has 0 fully saturated rings. The summed E-state index contributed by atoms with van der Waals surface area (Å²) in [6.45, 7) is 0. The lowest BCUT2D eigenvalue weighted by atomic mass is 9.93. The molecule has 1 aromatic rings.